The van der Waals surface area contributed by atoms with Gasteiger partial charge in [-0.3, -0.25) is 4.79 Å². The Labute approximate surface area is 176 Å². The fourth-order valence-electron chi connectivity index (χ4n) is 7.94. The van der Waals surface area contributed by atoms with Crippen molar-refractivity contribution in [1.82, 2.24) is 5.32 Å². The number of aryl methyl sites for hydroxylation is 1. The fraction of sp³-hybridized carbons (Fsp3) is 0.731. The number of nitrogens with one attached hydrogen (secondary N) is 1. The summed E-state index contributed by atoms with van der Waals surface area (Å²) in [5, 5.41) is 3.37. The SMILES string of the molecule is Cc1ccc(O[C@H]2CC3C4C(CC[C@]3(C)C2)[C@@]2(C)CCC(=O)NC2C[C@@H]4C)cc1. The van der Waals surface area contributed by atoms with Crippen LogP contribution in [0.5, 0.6) is 5.75 Å². The van der Waals surface area contributed by atoms with Gasteiger partial charge in [0.1, 0.15) is 5.75 Å². The highest BCUT2D eigenvalue weighted by molar-refractivity contribution is 5.77. The Hall–Kier alpha value is -1.51. The van der Waals surface area contributed by atoms with Gasteiger partial charge in [-0.05, 0) is 92.1 Å². The minimum Gasteiger partial charge on any atom is -0.490 e. The molecule has 3 heteroatoms. The van der Waals surface area contributed by atoms with E-state index >= 15 is 0 Å². The summed E-state index contributed by atoms with van der Waals surface area (Å²) in [7, 11) is 0. The van der Waals surface area contributed by atoms with Crippen molar-refractivity contribution in [3.05, 3.63) is 29.8 Å². The molecule has 1 saturated heterocycles. The first-order valence-corrected chi connectivity index (χ1v) is 11.8. The van der Waals surface area contributed by atoms with Crippen LogP contribution in [-0.4, -0.2) is 18.1 Å². The van der Waals surface area contributed by atoms with Crippen LogP contribution in [0.4, 0.5) is 0 Å². The van der Waals surface area contributed by atoms with Gasteiger partial charge in [-0.1, -0.05) is 38.5 Å². The van der Waals surface area contributed by atoms with Gasteiger partial charge < -0.3 is 10.1 Å². The Balaban J connectivity index is 1.38. The van der Waals surface area contributed by atoms with E-state index in [1.54, 1.807) is 0 Å². The molecule has 0 aromatic heterocycles. The van der Waals surface area contributed by atoms with E-state index in [4.69, 9.17) is 4.74 Å². The van der Waals surface area contributed by atoms with Crippen LogP contribution in [0.15, 0.2) is 24.3 Å². The summed E-state index contributed by atoms with van der Waals surface area (Å²) in [6, 6.07) is 8.93. The molecule has 4 aliphatic rings. The normalized spacial score (nSPS) is 46.3. The van der Waals surface area contributed by atoms with Crippen LogP contribution in [0.3, 0.4) is 0 Å². The minimum absolute atomic E-state index is 0.270. The van der Waals surface area contributed by atoms with Crippen molar-refractivity contribution in [2.45, 2.75) is 84.8 Å². The molecule has 29 heavy (non-hydrogen) atoms. The van der Waals surface area contributed by atoms with Gasteiger partial charge in [-0.25, -0.2) is 0 Å². The van der Waals surface area contributed by atoms with E-state index < -0.39 is 0 Å². The minimum atomic E-state index is 0.270. The number of hydrogen-bond donors (Lipinski definition) is 1. The Bertz CT molecular complexity index is 788. The summed E-state index contributed by atoms with van der Waals surface area (Å²) < 4.78 is 6.49. The molecule has 1 aromatic rings. The number of hydrogen-bond acceptors (Lipinski definition) is 2. The van der Waals surface area contributed by atoms with Gasteiger partial charge in [-0.2, -0.15) is 0 Å². The molecule has 1 aliphatic heterocycles. The predicted octanol–water partition coefficient (Wildman–Crippen LogP) is 5.51. The number of piperidine rings is 1. The number of ether oxygens (including phenoxy) is 1. The molecule has 1 heterocycles. The maximum atomic E-state index is 12.1. The maximum Gasteiger partial charge on any atom is 0.220 e. The molecule has 1 aromatic carbocycles. The second-order valence-corrected chi connectivity index (χ2v) is 11.3. The van der Waals surface area contributed by atoms with Gasteiger partial charge in [0.25, 0.3) is 0 Å². The molecule has 158 valence electrons. The molecule has 4 unspecified atom stereocenters. The summed E-state index contributed by atoms with van der Waals surface area (Å²) in [4.78, 5) is 12.1. The quantitative estimate of drug-likeness (QED) is 0.717. The Morgan fingerprint density at radius 1 is 1.07 bits per heavy atom. The van der Waals surface area contributed by atoms with E-state index in [2.05, 4.69) is 57.3 Å². The molecule has 0 bridgehead atoms. The van der Waals surface area contributed by atoms with Crippen molar-refractivity contribution in [1.29, 1.82) is 0 Å². The highest BCUT2D eigenvalue weighted by atomic mass is 16.5. The second kappa shape index (κ2) is 6.75. The molecule has 0 radical (unpaired) electrons. The predicted molar refractivity (Wildman–Crippen MR) is 116 cm³/mol. The van der Waals surface area contributed by atoms with Gasteiger partial charge in [0, 0.05) is 12.5 Å². The number of carbonyl (C=O) groups is 1. The van der Waals surface area contributed by atoms with Crippen LogP contribution in [0.1, 0.15) is 71.3 Å². The molecular weight excluding hydrogens is 358 g/mol. The van der Waals surface area contributed by atoms with Crippen LogP contribution in [0.2, 0.25) is 0 Å². The lowest BCUT2D eigenvalue weighted by molar-refractivity contribution is -0.141. The van der Waals surface area contributed by atoms with Gasteiger partial charge in [0.05, 0.1) is 6.10 Å². The second-order valence-electron chi connectivity index (χ2n) is 11.3. The first-order valence-electron chi connectivity index (χ1n) is 11.8. The van der Waals surface area contributed by atoms with Crippen LogP contribution < -0.4 is 10.1 Å². The van der Waals surface area contributed by atoms with E-state index in [0.29, 0.717) is 29.9 Å². The standard InChI is InChI=1S/C26H37NO2/c1-16-5-7-18(8-6-16)29-19-14-21-24-17(2)13-22-26(4,12-10-23(28)27-22)20(24)9-11-25(21,3)15-19/h5-8,17,19-22,24H,9-15H2,1-4H3,(H,27,28)/t17-,19-,20?,21?,22?,24?,25+,26+/m0/s1. The summed E-state index contributed by atoms with van der Waals surface area (Å²) in [5.41, 5.74) is 1.97. The van der Waals surface area contributed by atoms with E-state index in [1.165, 1.54) is 31.2 Å². The zero-order valence-electron chi connectivity index (χ0n) is 18.5. The Kier molecular flexibility index (Phi) is 4.53. The van der Waals surface area contributed by atoms with Gasteiger partial charge in [0.15, 0.2) is 0 Å². The third-order valence-corrected chi connectivity index (χ3v) is 9.52. The van der Waals surface area contributed by atoms with E-state index in [1.807, 2.05) is 0 Å². The Morgan fingerprint density at radius 3 is 2.59 bits per heavy atom. The average molecular weight is 396 g/mol. The van der Waals surface area contributed by atoms with Crippen LogP contribution >= 0.6 is 0 Å². The largest absolute Gasteiger partial charge is 0.490 e. The summed E-state index contributed by atoms with van der Waals surface area (Å²) in [6.07, 6.45) is 8.31. The topological polar surface area (TPSA) is 38.3 Å². The first-order chi connectivity index (χ1) is 13.8. The zero-order valence-corrected chi connectivity index (χ0v) is 18.5. The van der Waals surface area contributed by atoms with Crippen molar-refractivity contribution in [3.63, 3.8) is 0 Å². The molecule has 3 nitrogen and oxygen atoms in total. The monoisotopic (exact) mass is 395 g/mol. The molecule has 5 rings (SSSR count). The van der Waals surface area contributed by atoms with E-state index in [-0.39, 0.29) is 11.3 Å². The van der Waals surface area contributed by atoms with Crippen molar-refractivity contribution in [3.8, 4) is 5.75 Å². The molecule has 3 aliphatic carbocycles. The third-order valence-electron chi connectivity index (χ3n) is 9.52. The molecule has 0 spiro atoms. The van der Waals surface area contributed by atoms with Crippen LogP contribution in [0.25, 0.3) is 0 Å². The molecule has 8 atom stereocenters. The average Bonchev–Trinajstić information content (AvgIpc) is 3.01. The van der Waals surface area contributed by atoms with Crippen molar-refractivity contribution >= 4 is 5.91 Å². The van der Waals surface area contributed by atoms with Crippen molar-refractivity contribution in [2.24, 2.45) is 34.5 Å². The fourth-order valence-corrected chi connectivity index (χ4v) is 7.94. The molecule has 3 saturated carbocycles. The van der Waals surface area contributed by atoms with Crippen LogP contribution in [-0.2, 0) is 4.79 Å². The van der Waals surface area contributed by atoms with E-state index in [0.717, 1.165) is 36.3 Å². The number of fused-ring (bicyclic) bond motifs is 5. The number of amides is 1. The lowest BCUT2D eigenvalue weighted by Gasteiger charge is -2.61. The van der Waals surface area contributed by atoms with Crippen molar-refractivity contribution in [2.75, 3.05) is 0 Å². The summed E-state index contributed by atoms with van der Waals surface area (Å²) in [6.45, 7) is 9.60. The molecule has 4 fully saturated rings. The van der Waals surface area contributed by atoms with Gasteiger partial charge >= 0.3 is 0 Å². The van der Waals surface area contributed by atoms with Gasteiger partial charge in [-0.15, -0.1) is 0 Å². The number of carbonyl (C=O) groups excluding carboxylic acids is 1. The smallest absolute Gasteiger partial charge is 0.220 e. The lowest BCUT2D eigenvalue weighted by atomic mass is 9.45. The summed E-state index contributed by atoms with van der Waals surface area (Å²) in [5.74, 6) is 4.25. The molecule has 1 amide bonds. The third kappa shape index (κ3) is 3.11. The first kappa shape index (κ1) is 19.5. The highest BCUT2D eigenvalue weighted by Crippen LogP contribution is 2.65. The van der Waals surface area contributed by atoms with E-state index in [9.17, 15) is 4.79 Å². The highest BCUT2D eigenvalue weighted by Gasteiger charge is 2.61. The lowest BCUT2D eigenvalue weighted by Crippen LogP contribution is -2.62. The molecular formula is C26H37NO2. The molecule has 1 N–H and O–H groups in total. The summed E-state index contributed by atoms with van der Waals surface area (Å²) >= 11 is 0. The number of benzene rings is 1. The zero-order chi connectivity index (χ0) is 20.4. The maximum absolute atomic E-state index is 12.1. The van der Waals surface area contributed by atoms with Crippen molar-refractivity contribution < 1.29 is 9.53 Å². The number of rotatable bonds is 2. The van der Waals surface area contributed by atoms with Crippen LogP contribution in [0, 0.1) is 41.4 Å². The van der Waals surface area contributed by atoms with Gasteiger partial charge in [0.2, 0.25) is 5.91 Å². The Morgan fingerprint density at radius 2 is 1.83 bits per heavy atom.